The molecule has 0 saturated heterocycles. The molecule has 2 aromatic carbocycles. The minimum atomic E-state index is -0.405. The van der Waals surface area contributed by atoms with Crippen molar-refractivity contribution in [1.29, 1.82) is 0 Å². The number of hydrogen-bond acceptors (Lipinski definition) is 2. The highest BCUT2D eigenvalue weighted by molar-refractivity contribution is 5.93. The maximum absolute atomic E-state index is 14.1. The van der Waals surface area contributed by atoms with Crippen molar-refractivity contribution in [3.8, 4) is 0 Å². The first-order valence-electron chi connectivity index (χ1n) is 11.7. The summed E-state index contributed by atoms with van der Waals surface area (Å²) in [6.45, 7) is 7.43. The van der Waals surface area contributed by atoms with E-state index in [0.717, 1.165) is 34.5 Å². The molecular weight excluding hydrogens is 431 g/mol. The van der Waals surface area contributed by atoms with Gasteiger partial charge in [0.2, 0.25) is 5.91 Å². The number of aryl methyl sites for hydroxylation is 2. The molecule has 0 spiro atoms. The van der Waals surface area contributed by atoms with Crippen LogP contribution in [0.1, 0.15) is 41.8 Å². The molecule has 3 aromatic rings. The number of amides is 3. The maximum atomic E-state index is 14.1. The minimum Gasteiger partial charge on any atom is -0.348 e. The molecule has 34 heavy (non-hydrogen) atoms. The first-order valence-corrected chi connectivity index (χ1v) is 11.7. The summed E-state index contributed by atoms with van der Waals surface area (Å²) in [7, 11) is 0. The summed E-state index contributed by atoms with van der Waals surface area (Å²) < 4.78 is 16.2. The van der Waals surface area contributed by atoms with Gasteiger partial charge in [0.1, 0.15) is 12.4 Å². The minimum absolute atomic E-state index is 0.0445. The van der Waals surface area contributed by atoms with E-state index in [1.807, 2.05) is 63.4 Å². The van der Waals surface area contributed by atoms with Gasteiger partial charge in [-0.3, -0.25) is 4.79 Å². The molecule has 3 amide bonds. The van der Waals surface area contributed by atoms with Crippen molar-refractivity contribution in [1.82, 2.24) is 14.4 Å². The molecule has 7 heteroatoms. The van der Waals surface area contributed by atoms with Gasteiger partial charge in [-0.2, -0.15) is 0 Å². The lowest BCUT2D eigenvalue weighted by atomic mass is 9.99. The predicted octanol–water partition coefficient (Wildman–Crippen LogP) is 5.12. The topological polar surface area (TPSA) is 57.6 Å². The number of para-hydroxylation sites is 1. The van der Waals surface area contributed by atoms with Crippen molar-refractivity contribution in [3.05, 3.63) is 89.0 Å². The number of benzene rings is 2. The van der Waals surface area contributed by atoms with Crippen molar-refractivity contribution in [3.63, 3.8) is 0 Å². The molecule has 1 aliphatic heterocycles. The summed E-state index contributed by atoms with van der Waals surface area (Å²) in [6, 6.07) is 15.4. The Morgan fingerprint density at radius 1 is 1.06 bits per heavy atom. The van der Waals surface area contributed by atoms with Crippen LogP contribution in [0, 0.1) is 19.7 Å². The van der Waals surface area contributed by atoms with Gasteiger partial charge in [0.05, 0.1) is 6.04 Å². The fraction of sp³-hybridized carbons (Fsp3) is 0.333. The van der Waals surface area contributed by atoms with Crippen LogP contribution in [-0.4, -0.2) is 45.9 Å². The molecule has 6 nitrogen and oxygen atoms in total. The van der Waals surface area contributed by atoms with Gasteiger partial charge in [0, 0.05) is 37.2 Å². The third-order valence-corrected chi connectivity index (χ3v) is 6.34. The standard InChI is InChI=1S/C27H31FN4O2/c1-4-13-31(27(34)29-25-19(2)8-5-9-20(25)3)18-24(33)32-16-15-30-14-7-12-23(30)26(32)21-10-6-11-22(28)17-21/h5-12,14,17,26H,4,13,15-16,18H2,1-3H3,(H,29,34). The zero-order valence-corrected chi connectivity index (χ0v) is 19.9. The number of anilines is 1. The molecule has 1 unspecified atom stereocenters. The van der Waals surface area contributed by atoms with Crippen molar-refractivity contribution in [2.24, 2.45) is 0 Å². The van der Waals surface area contributed by atoms with E-state index >= 15 is 0 Å². The van der Waals surface area contributed by atoms with Gasteiger partial charge >= 0.3 is 6.03 Å². The van der Waals surface area contributed by atoms with Crippen LogP contribution in [0.4, 0.5) is 14.9 Å². The van der Waals surface area contributed by atoms with E-state index in [1.54, 1.807) is 15.9 Å². The number of urea groups is 1. The number of hydrogen-bond donors (Lipinski definition) is 1. The van der Waals surface area contributed by atoms with Crippen LogP contribution in [0.3, 0.4) is 0 Å². The second-order valence-corrected chi connectivity index (χ2v) is 8.79. The van der Waals surface area contributed by atoms with Crippen molar-refractivity contribution in [2.75, 3.05) is 25.0 Å². The largest absolute Gasteiger partial charge is 0.348 e. The molecule has 0 radical (unpaired) electrons. The molecule has 0 fully saturated rings. The summed E-state index contributed by atoms with van der Waals surface area (Å²) in [4.78, 5) is 30.1. The molecule has 1 aromatic heterocycles. The highest BCUT2D eigenvalue weighted by atomic mass is 19.1. The lowest BCUT2D eigenvalue weighted by Gasteiger charge is -2.38. The van der Waals surface area contributed by atoms with Gasteiger partial charge < -0.3 is 19.7 Å². The normalized spacial score (nSPS) is 15.1. The monoisotopic (exact) mass is 462 g/mol. The third kappa shape index (κ3) is 4.83. The number of carbonyl (C=O) groups is 2. The number of fused-ring (bicyclic) bond motifs is 1. The van der Waals surface area contributed by atoms with E-state index in [2.05, 4.69) is 9.88 Å². The second-order valence-electron chi connectivity index (χ2n) is 8.79. The molecule has 0 saturated carbocycles. The maximum Gasteiger partial charge on any atom is 0.322 e. The van der Waals surface area contributed by atoms with E-state index in [1.165, 1.54) is 12.1 Å². The Morgan fingerprint density at radius 2 is 1.79 bits per heavy atom. The van der Waals surface area contributed by atoms with Crippen LogP contribution in [0.2, 0.25) is 0 Å². The molecule has 0 aliphatic carbocycles. The number of nitrogens with zero attached hydrogens (tertiary/aromatic N) is 3. The lowest BCUT2D eigenvalue weighted by Crippen LogP contribution is -2.49. The van der Waals surface area contributed by atoms with E-state index in [4.69, 9.17) is 0 Å². The van der Waals surface area contributed by atoms with Gasteiger partial charge in [-0.25, -0.2) is 9.18 Å². The molecule has 4 rings (SSSR count). The van der Waals surface area contributed by atoms with Crippen LogP contribution in [-0.2, 0) is 11.3 Å². The van der Waals surface area contributed by atoms with E-state index in [9.17, 15) is 14.0 Å². The van der Waals surface area contributed by atoms with E-state index in [-0.39, 0.29) is 24.3 Å². The average molecular weight is 463 g/mol. The first kappa shape index (κ1) is 23.5. The van der Waals surface area contributed by atoms with Crippen molar-refractivity contribution >= 4 is 17.6 Å². The Morgan fingerprint density at radius 3 is 2.50 bits per heavy atom. The first-order chi connectivity index (χ1) is 16.4. The number of rotatable bonds is 6. The highest BCUT2D eigenvalue weighted by Crippen LogP contribution is 2.33. The summed E-state index contributed by atoms with van der Waals surface area (Å²) >= 11 is 0. The number of halogens is 1. The van der Waals surface area contributed by atoms with Gasteiger partial charge in [0.25, 0.3) is 0 Å². The number of carbonyl (C=O) groups excluding carboxylic acids is 2. The van der Waals surface area contributed by atoms with Gasteiger partial charge in [-0.15, -0.1) is 0 Å². The zero-order chi connectivity index (χ0) is 24.2. The van der Waals surface area contributed by atoms with Crippen molar-refractivity contribution in [2.45, 2.75) is 39.8 Å². The summed E-state index contributed by atoms with van der Waals surface area (Å²) in [5.41, 5.74) is 4.37. The van der Waals surface area contributed by atoms with Crippen LogP contribution >= 0.6 is 0 Å². The summed E-state index contributed by atoms with van der Waals surface area (Å²) in [5.74, 6) is -0.499. The Balaban J connectivity index is 1.57. The number of nitrogens with one attached hydrogen (secondary N) is 1. The predicted molar refractivity (Wildman–Crippen MR) is 131 cm³/mol. The molecular formula is C27H31FN4O2. The van der Waals surface area contributed by atoms with Gasteiger partial charge in [0.15, 0.2) is 0 Å². The Hall–Kier alpha value is -3.61. The van der Waals surface area contributed by atoms with Crippen LogP contribution in [0.5, 0.6) is 0 Å². The van der Waals surface area contributed by atoms with Crippen molar-refractivity contribution < 1.29 is 14.0 Å². The highest BCUT2D eigenvalue weighted by Gasteiger charge is 2.33. The fourth-order valence-electron chi connectivity index (χ4n) is 4.65. The average Bonchev–Trinajstić information content (AvgIpc) is 3.29. The quantitative estimate of drug-likeness (QED) is 0.553. The van der Waals surface area contributed by atoms with Gasteiger partial charge in [-0.1, -0.05) is 37.3 Å². The smallest absolute Gasteiger partial charge is 0.322 e. The Labute approximate surface area is 200 Å². The summed E-state index contributed by atoms with van der Waals surface area (Å²) in [6.07, 6.45) is 2.70. The van der Waals surface area contributed by atoms with Gasteiger partial charge in [-0.05, 0) is 61.2 Å². The molecule has 1 aliphatic rings. The SMILES string of the molecule is CCCN(CC(=O)N1CCn2cccc2C1c1cccc(F)c1)C(=O)Nc1c(C)cccc1C. The molecule has 0 bridgehead atoms. The van der Waals surface area contributed by atoms with Crippen LogP contribution in [0.15, 0.2) is 60.8 Å². The van der Waals surface area contributed by atoms with Crippen LogP contribution < -0.4 is 5.32 Å². The third-order valence-electron chi connectivity index (χ3n) is 6.34. The Bertz CT molecular complexity index is 1170. The molecule has 1 N–H and O–H groups in total. The zero-order valence-electron chi connectivity index (χ0n) is 19.9. The molecule has 2 heterocycles. The fourth-order valence-corrected chi connectivity index (χ4v) is 4.65. The summed E-state index contributed by atoms with van der Waals surface area (Å²) in [5, 5.41) is 3.00. The second kappa shape index (κ2) is 10.1. The van der Waals surface area contributed by atoms with E-state index in [0.29, 0.717) is 19.6 Å². The Kier molecular flexibility index (Phi) is 7.01. The number of aromatic nitrogens is 1. The van der Waals surface area contributed by atoms with Crippen LogP contribution in [0.25, 0.3) is 0 Å². The molecule has 178 valence electrons. The molecule has 1 atom stereocenters. The van der Waals surface area contributed by atoms with E-state index < -0.39 is 6.04 Å². The lowest BCUT2D eigenvalue weighted by molar-refractivity contribution is -0.134.